The van der Waals surface area contributed by atoms with Gasteiger partial charge in [-0.05, 0) is 30.9 Å². The lowest BCUT2D eigenvalue weighted by atomic mass is 10.2. The summed E-state index contributed by atoms with van der Waals surface area (Å²) in [6.45, 7) is 4.45. The third kappa shape index (κ3) is 7.06. The summed E-state index contributed by atoms with van der Waals surface area (Å²) in [5, 5.41) is 0. The van der Waals surface area contributed by atoms with Crippen molar-refractivity contribution in [2.45, 2.75) is 26.7 Å². The Morgan fingerprint density at radius 1 is 1.26 bits per heavy atom. The molecule has 0 saturated heterocycles. The fourth-order valence-electron chi connectivity index (χ4n) is 1.59. The fraction of sp³-hybridized carbons (Fsp3) is 0.571. The Balaban J connectivity index is 2.27. The van der Waals surface area contributed by atoms with Gasteiger partial charge in [-0.15, -0.1) is 0 Å². The van der Waals surface area contributed by atoms with E-state index in [4.69, 9.17) is 10.5 Å². The molecule has 2 N–H and O–H groups in total. The minimum Gasteiger partial charge on any atom is -0.493 e. The average molecular weight is 285 g/mol. The Labute approximate surface area is 115 Å². The van der Waals surface area contributed by atoms with Crippen LogP contribution in [0.25, 0.3) is 0 Å². The molecule has 0 aliphatic rings. The second kappa shape index (κ2) is 7.38. The number of nitrogen functional groups attached to an aromatic ring is 1. The number of nitrogens with two attached hydrogens (primary N) is 1. The monoisotopic (exact) mass is 285 g/mol. The molecule has 19 heavy (non-hydrogen) atoms. The van der Waals surface area contributed by atoms with Crippen molar-refractivity contribution >= 4 is 15.5 Å². The summed E-state index contributed by atoms with van der Waals surface area (Å²) in [4.78, 5) is 0. The van der Waals surface area contributed by atoms with Crippen molar-refractivity contribution in [3.8, 4) is 5.75 Å². The van der Waals surface area contributed by atoms with Crippen molar-refractivity contribution in [1.82, 2.24) is 0 Å². The second-order valence-corrected chi connectivity index (χ2v) is 7.41. The van der Waals surface area contributed by atoms with Gasteiger partial charge in [0, 0.05) is 11.8 Å². The molecule has 0 amide bonds. The SMILES string of the molecule is CC(C)CCS(=O)(=O)CCCOc1cccc(N)c1. The molecule has 0 aliphatic heterocycles. The predicted molar refractivity (Wildman–Crippen MR) is 79.1 cm³/mol. The van der Waals surface area contributed by atoms with E-state index in [1.807, 2.05) is 26.0 Å². The van der Waals surface area contributed by atoms with Crippen LogP contribution in [0.15, 0.2) is 24.3 Å². The zero-order valence-corrected chi connectivity index (χ0v) is 12.4. The van der Waals surface area contributed by atoms with Gasteiger partial charge in [0.05, 0.1) is 18.1 Å². The largest absolute Gasteiger partial charge is 0.493 e. The molecule has 5 heteroatoms. The Hall–Kier alpha value is -1.23. The summed E-state index contributed by atoms with van der Waals surface area (Å²) in [5.74, 6) is 1.54. The Morgan fingerprint density at radius 2 is 2.00 bits per heavy atom. The summed E-state index contributed by atoms with van der Waals surface area (Å²) in [5.41, 5.74) is 6.26. The maximum absolute atomic E-state index is 11.7. The molecule has 0 fully saturated rings. The maximum atomic E-state index is 11.7. The third-order valence-electron chi connectivity index (χ3n) is 2.73. The van der Waals surface area contributed by atoms with Crippen LogP contribution in [0.4, 0.5) is 5.69 Å². The van der Waals surface area contributed by atoms with Gasteiger partial charge in [0.15, 0.2) is 0 Å². The van der Waals surface area contributed by atoms with E-state index in [-0.39, 0.29) is 11.5 Å². The molecule has 0 spiro atoms. The fourth-order valence-corrected chi connectivity index (χ4v) is 3.18. The highest BCUT2D eigenvalue weighted by atomic mass is 32.2. The van der Waals surface area contributed by atoms with Gasteiger partial charge in [0.2, 0.25) is 0 Å². The van der Waals surface area contributed by atoms with Crippen molar-refractivity contribution in [3.63, 3.8) is 0 Å². The summed E-state index contributed by atoms with van der Waals surface area (Å²) in [6.07, 6.45) is 1.23. The third-order valence-corrected chi connectivity index (χ3v) is 4.50. The molecule has 0 aliphatic carbocycles. The highest BCUT2D eigenvalue weighted by Crippen LogP contribution is 2.14. The minimum atomic E-state index is -2.94. The van der Waals surface area contributed by atoms with Crippen molar-refractivity contribution < 1.29 is 13.2 Å². The minimum absolute atomic E-state index is 0.183. The van der Waals surface area contributed by atoms with Crippen LogP contribution in [0, 0.1) is 5.92 Å². The standard InChI is InChI=1S/C14H23NO3S/c1-12(2)7-10-19(16,17)9-4-8-18-14-6-3-5-13(15)11-14/h3,5-6,11-12H,4,7-10,15H2,1-2H3. The first-order chi connectivity index (χ1) is 8.89. The van der Waals surface area contributed by atoms with E-state index in [1.165, 1.54) is 0 Å². The predicted octanol–water partition coefficient (Wildman–Crippen LogP) is 2.50. The first-order valence-electron chi connectivity index (χ1n) is 6.58. The molecule has 0 bridgehead atoms. The van der Waals surface area contributed by atoms with Gasteiger partial charge in [0.25, 0.3) is 0 Å². The molecule has 108 valence electrons. The molecule has 0 radical (unpaired) electrons. The number of sulfone groups is 1. The van der Waals surface area contributed by atoms with Crippen LogP contribution in [-0.4, -0.2) is 26.5 Å². The highest BCUT2D eigenvalue weighted by Gasteiger charge is 2.11. The lowest BCUT2D eigenvalue weighted by Crippen LogP contribution is -2.15. The molecule has 1 aromatic rings. The summed E-state index contributed by atoms with van der Waals surface area (Å²) in [7, 11) is -2.94. The van der Waals surface area contributed by atoms with Crippen LogP contribution in [0.2, 0.25) is 0 Å². The lowest BCUT2D eigenvalue weighted by Gasteiger charge is -2.08. The average Bonchev–Trinajstić information content (AvgIpc) is 2.33. The van der Waals surface area contributed by atoms with Crippen molar-refractivity contribution in [2.24, 2.45) is 5.92 Å². The van der Waals surface area contributed by atoms with E-state index in [0.29, 0.717) is 30.4 Å². The van der Waals surface area contributed by atoms with Crippen LogP contribution < -0.4 is 10.5 Å². The number of benzene rings is 1. The van der Waals surface area contributed by atoms with Crippen LogP contribution in [0.1, 0.15) is 26.7 Å². The van der Waals surface area contributed by atoms with E-state index >= 15 is 0 Å². The van der Waals surface area contributed by atoms with Gasteiger partial charge in [-0.1, -0.05) is 19.9 Å². The number of ether oxygens (including phenoxy) is 1. The quantitative estimate of drug-likeness (QED) is 0.588. The summed E-state index contributed by atoms with van der Waals surface area (Å²) < 4.78 is 28.9. The number of hydrogen-bond donors (Lipinski definition) is 1. The molecule has 0 unspecified atom stereocenters. The van der Waals surface area contributed by atoms with E-state index in [9.17, 15) is 8.42 Å². The molecule has 1 rings (SSSR count). The molecule has 0 aromatic heterocycles. The Kier molecular flexibility index (Phi) is 6.15. The second-order valence-electron chi connectivity index (χ2n) is 5.11. The van der Waals surface area contributed by atoms with Crippen molar-refractivity contribution in [2.75, 3.05) is 23.8 Å². The number of rotatable bonds is 8. The normalized spacial score (nSPS) is 11.7. The van der Waals surface area contributed by atoms with E-state index < -0.39 is 9.84 Å². The smallest absolute Gasteiger partial charge is 0.150 e. The zero-order valence-electron chi connectivity index (χ0n) is 11.6. The number of anilines is 1. The molecule has 1 aromatic carbocycles. The van der Waals surface area contributed by atoms with Gasteiger partial charge in [-0.25, -0.2) is 8.42 Å². The zero-order chi connectivity index (χ0) is 14.3. The Morgan fingerprint density at radius 3 is 2.63 bits per heavy atom. The highest BCUT2D eigenvalue weighted by molar-refractivity contribution is 7.91. The molecule has 4 nitrogen and oxygen atoms in total. The summed E-state index contributed by atoms with van der Waals surface area (Å²) >= 11 is 0. The van der Waals surface area contributed by atoms with Crippen molar-refractivity contribution in [3.05, 3.63) is 24.3 Å². The van der Waals surface area contributed by atoms with E-state index in [1.54, 1.807) is 12.1 Å². The lowest BCUT2D eigenvalue weighted by molar-refractivity contribution is 0.318. The molecular weight excluding hydrogens is 262 g/mol. The van der Waals surface area contributed by atoms with Gasteiger partial charge < -0.3 is 10.5 Å². The van der Waals surface area contributed by atoms with Crippen LogP contribution in [0.5, 0.6) is 5.75 Å². The van der Waals surface area contributed by atoms with E-state index in [2.05, 4.69) is 0 Å². The van der Waals surface area contributed by atoms with E-state index in [0.717, 1.165) is 6.42 Å². The summed E-state index contributed by atoms with van der Waals surface area (Å²) in [6, 6.07) is 7.13. The molecule has 0 heterocycles. The first-order valence-corrected chi connectivity index (χ1v) is 8.40. The maximum Gasteiger partial charge on any atom is 0.150 e. The van der Waals surface area contributed by atoms with Gasteiger partial charge >= 0.3 is 0 Å². The Bertz CT molecular complexity index is 483. The van der Waals surface area contributed by atoms with Crippen molar-refractivity contribution in [1.29, 1.82) is 0 Å². The van der Waals surface area contributed by atoms with Gasteiger partial charge in [0.1, 0.15) is 15.6 Å². The first kappa shape index (κ1) is 15.8. The number of hydrogen-bond acceptors (Lipinski definition) is 4. The van der Waals surface area contributed by atoms with Gasteiger partial charge in [-0.2, -0.15) is 0 Å². The van der Waals surface area contributed by atoms with Crippen LogP contribution >= 0.6 is 0 Å². The van der Waals surface area contributed by atoms with Crippen LogP contribution in [0.3, 0.4) is 0 Å². The van der Waals surface area contributed by atoms with Gasteiger partial charge in [-0.3, -0.25) is 0 Å². The molecule has 0 atom stereocenters. The van der Waals surface area contributed by atoms with Crippen LogP contribution in [-0.2, 0) is 9.84 Å². The topological polar surface area (TPSA) is 69.4 Å². The molecular formula is C14H23NO3S. The molecule has 0 saturated carbocycles.